The van der Waals surface area contributed by atoms with Crippen LogP contribution in [0.4, 0.5) is 0 Å². The zero-order valence-electron chi connectivity index (χ0n) is 9.95. The van der Waals surface area contributed by atoms with E-state index in [0.717, 1.165) is 5.56 Å². The highest BCUT2D eigenvalue weighted by Gasteiger charge is 2.20. The predicted octanol–water partition coefficient (Wildman–Crippen LogP) is 2.66. The number of methoxy groups -OCH3 is 1. The van der Waals surface area contributed by atoms with Crippen LogP contribution in [0.25, 0.3) is 0 Å². The highest BCUT2D eigenvalue weighted by molar-refractivity contribution is 5.30. The Kier molecular flexibility index (Phi) is 3.89. The molecule has 1 aromatic carbocycles. The second-order valence-corrected chi connectivity index (χ2v) is 4.62. The van der Waals surface area contributed by atoms with Crippen LogP contribution in [0.1, 0.15) is 38.0 Å². The summed E-state index contributed by atoms with van der Waals surface area (Å²) in [4.78, 5) is 0. The van der Waals surface area contributed by atoms with Gasteiger partial charge in [-0.1, -0.05) is 38.1 Å². The molecule has 0 aromatic heterocycles. The highest BCUT2D eigenvalue weighted by atomic mass is 16.5. The van der Waals surface area contributed by atoms with Crippen LogP contribution in [0.5, 0.6) is 0 Å². The molecule has 0 spiro atoms. The smallest absolute Gasteiger partial charge is 0.0762 e. The van der Waals surface area contributed by atoms with E-state index in [-0.39, 0.29) is 5.41 Å². The Labute approximate surface area is 91.9 Å². The van der Waals surface area contributed by atoms with E-state index in [2.05, 4.69) is 19.9 Å². The van der Waals surface area contributed by atoms with Gasteiger partial charge in [0.05, 0.1) is 12.7 Å². The van der Waals surface area contributed by atoms with Gasteiger partial charge in [0.1, 0.15) is 0 Å². The van der Waals surface area contributed by atoms with E-state index in [9.17, 15) is 5.11 Å². The van der Waals surface area contributed by atoms with Crippen molar-refractivity contribution in [3.63, 3.8) is 0 Å². The summed E-state index contributed by atoms with van der Waals surface area (Å²) in [6.07, 6.45) is -0.414. The largest absolute Gasteiger partial charge is 0.389 e. The normalized spacial score (nSPS) is 13.9. The summed E-state index contributed by atoms with van der Waals surface area (Å²) < 4.78 is 5.20. The van der Waals surface area contributed by atoms with Crippen molar-refractivity contribution >= 4 is 0 Å². The average molecular weight is 208 g/mol. The first-order valence-corrected chi connectivity index (χ1v) is 5.25. The summed E-state index contributed by atoms with van der Waals surface area (Å²) in [6.45, 7) is 6.73. The maximum absolute atomic E-state index is 9.51. The third kappa shape index (κ3) is 3.05. The lowest BCUT2D eigenvalue weighted by molar-refractivity contribution is 0.146. The summed E-state index contributed by atoms with van der Waals surface area (Å²) in [5.41, 5.74) is 2.14. The van der Waals surface area contributed by atoms with Crippen molar-refractivity contribution in [2.24, 2.45) is 0 Å². The summed E-state index contributed by atoms with van der Waals surface area (Å²) in [5, 5.41) is 9.51. The van der Waals surface area contributed by atoms with E-state index >= 15 is 0 Å². The number of ether oxygens (including phenoxy) is 1. The van der Waals surface area contributed by atoms with Gasteiger partial charge in [-0.25, -0.2) is 0 Å². The highest BCUT2D eigenvalue weighted by Crippen LogP contribution is 2.25. The number of rotatable bonds is 4. The van der Waals surface area contributed by atoms with E-state index in [4.69, 9.17) is 4.74 Å². The van der Waals surface area contributed by atoms with Gasteiger partial charge in [-0.05, 0) is 18.1 Å². The van der Waals surface area contributed by atoms with Gasteiger partial charge in [-0.15, -0.1) is 0 Å². The van der Waals surface area contributed by atoms with Crippen molar-refractivity contribution < 1.29 is 9.84 Å². The topological polar surface area (TPSA) is 29.5 Å². The molecule has 1 atom stereocenters. The van der Waals surface area contributed by atoms with Gasteiger partial charge in [0.15, 0.2) is 0 Å². The maximum atomic E-state index is 9.51. The van der Waals surface area contributed by atoms with E-state index in [0.29, 0.717) is 6.61 Å². The fourth-order valence-electron chi connectivity index (χ4n) is 1.66. The number of aliphatic hydroxyl groups excluding tert-OH is 1. The Morgan fingerprint density at radius 1 is 1.40 bits per heavy atom. The van der Waals surface area contributed by atoms with E-state index in [1.807, 2.05) is 18.2 Å². The Morgan fingerprint density at radius 3 is 2.60 bits per heavy atom. The molecule has 2 nitrogen and oxygen atoms in total. The summed E-state index contributed by atoms with van der Waals surface area (Å²) in [7, 11) is 1.71. The molecule has 0 saturated carbocycles. The Bertz CT molecular complexity index is 316. The molecule has 1 unspecified atom stereocenters. The minimum atomic E-state index is -0.414. The molecule has 84 valence electrons. The standard InChI is InChI=1S/C13H20O2/c1-10(14)11-6-5-7-12(8-11)13(2,3)9-15-4/h5-8,10,14H,9H2,1-4H3. The molecule has 0 heterocycles. The van der Waals surface area contributed by atoms with Gasteiger partial charge in [-0.3, -0.25) is 0 Å². The van der Waals surface area contributed by atoms with Crippen molar-refractivity contribution in [3.05, 3.63) is 35.4 Å². The Morgan fingerprint density at radius 2 is 2.07 bits per heavy atom. The second kappa shape index (κ2) is 4.77. The minimum absolute atomic E-state index is 0.0142. The quantitative estimate of drug-likeness (QED) is 0.824. The van der Waals surface area contributed by atoms with Gasteiger partial charge in [-0.2, -0.15) is 0 Å². The van der Waals surface area contributed by atoms with Crippen molar-refractivity contribution in [3.8, 4) is 0 Å². The van der Waals surface area contributed by atoms with Crippen LogP contribution in [0, 0.1) is 0 Å². The first-order valence-electron chi connectivity index (χ1n) is 5.25. The summed E-state index contributed by atoms with van der Waals surface area (Å²) >= 11 is 0. The molecule has 15 heavy (non-hydrogen) atoms. The number of hydrogen-bond donors (Lipinski definition) is 1. The predicted molar refractivity (Wildman–Crippen MR) is 62.0 cm³/mol. The van der Waals surface area contributed by atoms with Gasteiger partial charge in [0.2, 0.25) is 0 Å². The summed E-state index contributed by atoms with van der Waals surface area (Å²) in [5.74, 6) is 0. The SMILES string of the molecule is COCC(C)(C)c1cccc(C(C)O)c1. The first-order chi connectivity index (χ1) is 6.97. The Hall–Kier alpha value is -0.860. The van der Waals surface area contributed by atoms with Crippen LogP contribution in [0.3, 0.4) is 0 Å². The molecule has 0 saturated heterocycles. The lowest BCUT2D eigenvalue weighted by Crippen LogP contribution is -2.23. The maximum Gasteiger partial charge on any atom is 0.0762 e. The van der Waals surface area contributed by atoms with E-state index < -0.39 is 6.10 Å². The van der Waals surface area contributed by atoms with Crippen LogP contribution in [0.2, 0.25) is 0 Å². The monoisotopic (exact) mass is 208 g/mol. The van der Waals surface area contributed by atoms with Crippen LogP contribution >= 0.6 is 0 Å². The fraction of sp³-hybridized carbons (Fsp3) is 0.538. The van der Waals surface area contributed by atoms with Crippen LogP contribution in [-0.4, -0.2) is 18.8 Å². The molecule has 0 radical (unpaired) electrons. The van der Waals surface area contributed by atoms with E-state index in [1.54, 1.807) is 14.0 Å². The van der Waals surface area contributed by atoms with Crippen LogP contribution in [-0.2, 0) is 10.2 Å². The first kappa shape index (κ1) is 12.2. The summed E-state index contributed by atoms with van der Waals surface area (Å²) in [6, 6.07) is 8.04. The lowest BCUT2D eigenvalue weighted by Gasteiger charge is -2.25. The molecule has 1 N–H and O–H groups in total. The minimum Gasteiger partial charge on any atom is -0.389 e. The fourth-order valence-corrected chi connectivity index (χ4v) is 1.66. The van der Waals surface area contributed by atoms with E-state index in [1.165, 1.54) is 5.56 Å². The molecular formula is C13H20O2. The zero-order chi connectivity index (χ0) is 11.5. The molecule has 0 fully saturated rings. The zero-order valence-corrected chi connectivity index (χ0v) is 9.95. The molecule has 1 rings (SSSR count). The van der Waals surface area contributed by atoms with Crippen molar-refractivity contribution in [2.75, 3.05) is 13.7 Å². The van der Waals surface area contributed by atoms with Crippen molar-refractivity contribution in [2.45, 2.75) is 32.3 Å². The molecule has 0 aliphatic rings. The molecule has 0 bridgehead atoms. The lowest BCUT2D eigenvalue weighted by atomic mass is 9.84. The molecular weight excluding hydrogens is 188 g/mol. The molecule has 2 heteroatoms. The number of hydrogen-bond acceptors (Lipinski definition) is 2. The molecule has 0 aliphatic carbocycles. The Balaban J connectivity index is 2.99. The number of benzene rings is 1. The molecule has 0 amide bonds. The average Bonchev–Trinajstić information content (AvgIpc) is 2.18. The molecule has 0 aliphatic heterocycles. The van der Waals surface area contributed by atoms with Gasteiger partial charge in [0.25, 0.3) is 0 Å². The van der Waals surface area contributed by atoms with Crippen molar-refractivity contribution in [1.82, 2.24) is 0 Å². The van der Waals surface area contributed by atoms with Gasteiger partial charge < -0.3 is 9.84 Å². The molecule has 1 aromatic rings. The number of aliphatic hydroxyl groups is 1. The van der Waals surface area contributed by atoms with Crippen LogP contribution in [0.15, 0.2) is 24.3 Å². The van der Waals surface area contributed by atoms with Crippen molar-refractivity contribution in [1.29, 1.82) is 0 Å². The third-order valence-corrected chi connectivity index (χ3v) is 2.66. The van der Waals surface area contributed by atoms with Gasteiger partial charge >= 0.3 is 0 Å². The van der Waals surface area contributed by atoms with Crippen LogP contribution < -0.4 is 0 Å². The second-order valence-electron chi connectivity index (χ2n) is 4.62. The third-order valence-electron chi connectivity index (χ3n) is 2.66. The van der Waals surface area contributed by atoms with Gasteiger partial charge in [0, 0.05) is 12.5 Å².